The number of carbonyl (C=O) groups is 2. The van der Waals surface area contributed by atoms with Gasteiger partial charge in [0, 0.05) is 0 Å². The molecule has 1 aliphatic heterocycles. The minimum absolute atomic E-state index is 0.00807. The van der Waals surface area contributed by atoms with E-state index in [1.807, 2.05) is 27.7 Å². The van der Waals surface area contributed by atoms with Crippen LogP contribution in [0.15, 0.2) is 0 Å². The summed E-state index contributed by atoms with van der Waals surface area (Å²) in [5.41, 5.74) is 5.77. The summed E-state index contributed by atoms with van der Waals surface area (Å²) in [6, 6.07) is -0.836. The van der Waals surface area contributed by atoms with Crippen LogP contribution >= 0.6 is 0 Å². The third-order valence-corrected chi connectivity index (χ3v) is 2.92. The second-order valence-electron chi connectivity index (χ2n) is 4.87. The number of nitrogens with two attached hydrogens (primary N) is 1. The zero-order valence-electron chi connectivity index (χ0n) is 10.3. The van der Waals surface area contributed by atoms with Crippen molar-refractivity contribution in [3.8, 4) is 0 Å². The molecule has 1 rings (SSSR count). The van der Waals surface area contributed by atoms with Crippen LogP contribution < -0.4 is 5.73 Å². The molecule has 1 fully saturated rings. The highest BCUT2D eigenvalue weighted by atomic mass is 16.6. The highest BCUT2D eigenvalue weighted by Gasteiger charge is 2.41. The molecular formula is C11H20N2O3. The molecule has 0 aromatic carbocycles. The van der Waals surface area contributed by atoms with Crippen LogP contribution in [0, 0.1) is 11.8 Å². The molecule has 0 saturated carbocycles. The number of amides is 2. The van der Waals surface area contributed by atoms with E-state index in [0.717, 1.165) is 0 Å². The van der Waals surface area contributed by atoms with Crippen molar-refractivity contribution < 1.29 is 14.3 Å². The third kappa shape index (κ3) is 2.35. The topological polar surface area (TPSA) is 72.6 Å². The molecule has 5 nitrogen and oxygen atoms in total. The van der Waals surface area contributed by atoms with Gasteiger partial charge in [0.25, 0.3) is 0 Å². The molecule has 2 N–H and O–H groups in total. The van der Waals surface area contributed by atoms with E-state index in [1.54, 1.807) is 0 Å². The van der Waals surface area contributed by atoms with Crippen molar-refractivity contribution in [3.05, 3.63) is 0 Å². The van der Waals surface area contributed by atoms with Crippen LogP contribution in [0.25, 0.3) is 0 Å². The SMILES string of the molecule is CC(C)C1COC(=O)N1C(=O)[C@@H](N)C(C)C. The number of rotatable bonds is 3. The van der Waals surface area contributed by atoms with Gasteiger partial charge in [0.1, 0.15) is 6.61 Å². The molecule has 0 aromatic heterocycles. The lowest BCUT2D eigenvalue weighted by atomic mass is 10.0. The summed E-state index contributed by atoms with van der Waals surface area (Å²) in [4.78, 5) is 24.7. The zero-order chi connectivity index (χ0) is 12.5. The van der Waals surface area contributed by atoms with Gasteiger partial charge in [0.05, 0.1) is 12.1 Å². The first-order chi connectivity index (χ1) is 7.36. The van der Waals surface area contributed by atoms with Crippen molar-refractivity contribution in [2.45, 2.75) is 39.8 Å². The Balaban J connectivity index is 2.83. The van der Waals surface area contributed by atoms with Crippen molar-refractivity contribution in [1.29, 1.82) is 0 Å². The van der Waals surface area contributed by atoms with Crippen LogP contribution in [0.3, 0.4) is 0 Å². The summed E-state index contributed by atoms with van der Waals surface area (Å²) in [5.74, 6) is -0.153. The fourth-order valence-corrected chi connectivity index (χ4v) is 1.63. The lowest BCUT2D eigenvalue weighted by Crippen LogP contribution is -2.51. The van der Waals surface area contributed by atoms with Crippen LogP contribution in [0.4, 0.5) is 4.79 Å². The summed E-state index contributed by atoms with van der Waals surface area (Å²) in [6.07, 6.45) is -0.570. The number of ether oxygens (including phenoxy) is 1. The molecule has 2 atom stereocenters. The first-order valence-electron chi connectivity index (χ1n) is 5.61. The molecule has 0 spiro atoms. The minimum Gasteiger partial charge on any atom is -0.447 e. The van der Waals surface area contributed by atoms with Crippen LogP contribution in [0.2, 0.25) is 0 Å². The van der Waals surface area contributed by atoms with E-state index < -0.39 is 12.1 Å². The summed E-state index contributed by atoms with van der Waals surface area (Å²) in [6.45, 7) is 7.89. The fourth-order valence-electron chi connectivity index (χ4n) is 1.63. The van der Waals surface area contributed by atoms with Gasteiger partial charge in [-0.2, -0.15) is 0 Å². The highest BCUT2D eigenvalue weighted by Crippen LogP contribution is 2.21. The van der Waals surface area contributed by atoms with Gasteiger partial charge < -0.3 is 10.5 Å². The Kier molecular flexibility index (Phi) is 3.91. The molecule has 0 radical (unpaired) electrons. The van der Waals surface area contributed by atoms with Gasteiger partial charge >= 0.3 is 6.09 Å². The highest BCUT2D eigenvalue weighted by molar-refractivity contribution is 5.96. The molecule has 92 valence electrons. The lowest BCUT2D eigenvalue weighted by Gasteiger charge is -2.26. The second kappa shape index (κ2) is 4.82. The molecule has 1 aliphatic rings. The minimum atomic E-state index is -0.646. The maximum Gasteiger partial charge on any atom is 0.417 e. The molecule has 0 aliphatic carbocycles. The van der Waals surface area contributed by atoms with E-state index in [1.165, 1.54) is 4.90 Å². The maximum atomic E-state index is 12.0. The molecule has 1 heterocycles. The second-order valence-corrected chi connectivity index (χ2v) is 4.87. The largest absolute Gasteiger partial charge is 0.447 e. The van der Waals surface area contributed by atoms with E-state index in [2.05, 4.69) is 0 Å². The van der Waals surface area contributed by atoms with Crippen LogP contribution in [0.1, 0.15) is 27.7 Å². The Bertz CT molecular complexity index is 289. The van der Waals surface area contributed by atoms with Gasteiger partial charge in [-0.25, -0.2) is 9.69 Å². The predicted octanol–water partition coefficient (Wildman–Crippen LogP) is 0.973. The average Bonchev–Trinajstić information content (AvgIpc) is 2.57. The number of cyclic esters (lactones) is 1. The number of imide groups is 1. The Morgan fingerprint density at radius 3 is 2.44 bits per heavy atom. The molecule has 2 amide bonds. The van der Waals surface area contributed by atoms with Crippen molar-refractivity contribution in [2.24, 2.45) is 17.6 Å². The summed E-state index contributed by atoms with van der Waals surface area (Å²) in [5, 5.41) is 0. The van der Waals surface area contributed by atoms with E-state index in [-0.39, 0.29) is 30.4 Å². The average molecular weight is 228 g/mol. The number of hydrogen-bond donors (Lipinski definition) is 1. The number of hydrogen-bond acceptors (Lipinski definition) is 4. The van der Waals surface area contributed by atoms with E-state index in [0.29, 0.717) is 0 Å². The molecule has 0 bridgehead atoms. The molecule has 1 unspecified atom stereocenters. The van der Waals surface area contributed by atoms with E-state index >= 15 is 0 Å². The maximum absolute atomic E-state index is 12.0. The van der Waals surface area contributed by atoms with Crippen LogP contribution in [0.5, 0.6) is 0 Å². The molecule has 1 saturated heterocycles. The van der Waals surface area contributed by atoms with Crippen molar-refractivity contribution in [3.63, 3.8) is 0 Å². The molecule has 5 heteroatoms. The van der Waals surface area contributed by atoms with Crippen molar-refractivity contribution in [2.75, 3.05) is 6.61 Å². The summed E-state index contributed by atoms with van der Waals surface area (Å²) < 4.78 is 4.90. The monoisotopic (exact) mass is 228 g/mol. The molecule has 16 heavy (non-hydrogen) atoms. The Hall–Kier alpha value is -1.10. The third-order valence-electron chi connectivity index (χ3n) is 2.92. The van der Waals surface area contributed by atoms with Crippen LogP contribution in [-0.4, -0.2) is 35.6 Å². The van der Waals surface area contributed by atoms with Crippen LogP contribution in [-0.2, 0) is 9.53 Å². The van der Waals surface area contributed by atoms with Crippen molar-refractivity contribution >= 4 is 12.0 Å². The zero-order valence-corrected chi connectivity index (χ0v) is 10.3. The lowest BCUT2D eigenvalue weighted by molar-refractivity contribution is -0.132. The summed E-state index contributed by atoms with van der Waals surface area (Å²) >= 11 is 0. The van der Waals surface area contributed by atoms with Gasteiger partial charge in [-0.05, 0) is 11.8 Å². The first kappa shape index (κ1) is 13.0. The van der Waals surface area contributed by atoms with E-state index in [4.69, 9.17) is 10.5 Å². The molecule has 0 aromatic rings. The van der Waals surface area contributed by atoms with Gasteiger partial charge in [-0.1, -0.05) is 27.7 Å². The number of carbonyl (C=O) groups excluding carboxylic acids is 2. The first-order valence-corrected chi connectivity index (χ1v) is 5.61. The van der Waals surface area contributed by atoms with Gasteiger partial charge in [-0.3, -0.25) is 4.79 Å². The summed E-state index contributed by atoms with van der Waals surface area (Å²) in [7, 11) is 0. The fraction of sp³-hybridized carbons (Fsp3) is 0.818. The Morgan fingerprint density at radius 1 is 1.44 bits per heavy atom. The van der Waals surface area contributed by atoms with Gasteiger partial charge in [-0.15, -0.1) is 0 Å². The van der Waals surface area contributed by atoms with E-state index in [9.17, 15) is 9.59 Å². The molecular weight excluding hydrogens is 208 g/mol. The standard InChI is InChI=1S/C11H20N2O3/c1-6(2)8-5-16-11(15)13(8)10(14)9(12)7(3)4/h6-9H,5,12H2,1-4H3/t8?,9-/m0/s1. The Labute approximate surface area is 95.9 Å². The quantitative estimate of drug-likeness (QED) is 0.781. The van der Waals surface area contributed by atoms with Gasteiger partial charge in [0.2, 0.25) is 5.91 Å². The smallest absolute Gasteiger partial charge is 0.417 e. The van der Waals surface area contributed by atoms with Gasteiger partial charge in [0.15, 0.2) is 0 Å². The van der Waals surface area contributed by atoms with Crippen molar-refractivity contribution in [1.82, 2.24) is 4.90 Å². The Morgan fingerprint density at radius 2 is 2.00 bits per heavy atom. The predicted molar refractivity (Wildman–Crippen MR) is 59.6 cm³/mol. The normalized spacial score (nSPS) is 22.8. The number of nitrogens with zero attached hydrogens (tertiary/aromatic N) is 1.